The van der Waals surface area contributed by atoms with Gasteiger partial charge in [0.15, 0.2) is 0 Å². The molecule has 1 aromatic heterocycles. The molecule has 0 aliphatic carbocycles. The van der Waals surface area contributed by atoms with Crippen molar-refractivity contribution in [3.8, 4) is 11.8 Å². The summed E-state index contributed by atoms with van der Waals surface area (Å²) in [6.07, 6.45) is 3.16. The number of rotatable bonds is 5. The number of amides is 1. The highest BCUT2D eigenvalue weighted by molar-refractivity contribution is 5.94. The highest BCUT2D eigenvalue weighted by atomic mass is 16.5. The van der Waals surface area contributed by atoms with Gasteiger partial charge in [-0.15, -0.1) is 0 Å². The molecule has 0 saturated carbocycles. The zero-order chi connectivity index (χ0) is 14.1. The van der Waals surface area contributed by atoms with Gasteiger partial charge in [-0.2, -0.15) is 0 Å². The molecule has 5 nitrogen and oxygen atoms in total. The first kappa shape index (κ1) is 15.2. The summed E-state index contributed by atoms with van der Waals surface area (Å²) < 4.78 is 4.99. The zero-order valence-corrected chi connectivity index (χ0v) is 11.3. The van der Waals surface area contributed by atoms with Crippen LogP contribution >= 0.6 is 0 Å². The van der Waals surface area contributed by atoms with Crippen molar-refractivity contribution in [1.29, 1.82) is 0 Å². The van der Waals surface area contributed by atoms with Gasteiger partial charge in [0, 0.05) is 38.2 Å². The maximum atomic E-state index is 12.3. The lowest BCUT2D eigenvalue weighted by Crippen LogP contribution is -2.33. The molecule has 0 saturated heterocycles. The molecule has 2 N–H and O–H groups in total. The number of hydrogen-bond acceptors (Lipinski definition) is 4. The molecule has 1 aromatic rings. The molecule has 1 rings (SSSR count). The second kappa shape index (κ2) is 8.25. The average molecular weight is 261 g/mol. The Morgan fingerprint density at radius 2 is 2.32 bits per heavy atom. The van der Waals surface area contributed by atoms with Crippen LogP contribution in [0.25, 0.3) is 0 Å². The van der Waals surface area contributed by atoms with E-state index in [2.05, 4.69) is 16.8 Å². The number of carbonyl (C=O) groups is 1. The maximum Gasteiger partial charge on any atom is 0.255 e. The molecule has 0 aliphatic rings. The number of nitrogens with two attached hydrogens (primary N) is 1. The Bertz CT molecular complexity index is 477. The van der Waals surface area contributed by atoms with Crippen molar-refractivity contribution in [3.05, 3.63) is 29.6 Å². The summed E-state index contributed by atoms with van der Waals surface area (Å²) in [7, 11) is 1.61. The molecule has 0 radical (unpaired) electrons. The number of aromatic nitrogens is 1. The van der Waals surface area contributed by atoms with Crippen LogP contribution in [-0.4, -0.2) is 49.1 Å². The number of hydrogen-bond donors (Lipinski definition) is 1. The van der Waals surface area contributed by atoms with Gasteiger partial charge in [-0.05, 0) is 13.0 Å². The van der Waals surface area contributed by atoms with E-state index in [0.717, 1.165) is 0 Å². The van der Waals surface area contributed by atoms with Crippen LogP contribution in [0.15, 0.2) is 18.5 Å². The first-order chi connectivity index (χ1) is 9.22. The number of methoxy groups -OCH3 is 1. The minimum absolute atomic E-state index is 0.0663. The average Bonchev–Trinajstić information content (AvgIpc) is 2.46. The lowest BCUT2D eigenvalue weighted by Gasteiger charge is -2.20. The van der Waals surface area contributed by atoms with E-state index in [0.29, 0.717) is 30.8 Å². The van der Waals surface area contributed by atoms with Crippen LogP contribution in [0.4, 0.5) is 0 Å². The van der Waals surface area contributed by atoms with Gasteiger partial charge in [0.25, 0.3) is 5.91 Å². The van der Waals surface area contributed by atoms with Crippen LogP contribution in [0.2, 0.25) is 0 Å². The highest BCUT2D eigenvalue weighted by Gasteiger charge is 2.14. The third-order valence-corrected chi connectivity index (χ3v) is 2.55. The van der Waals surface area contributed by atoms with Gasteiger partial charge in [-0.3, -0.25) is 9.78 Å². The van der Waals surface area contributed by atoms with Crippen LogP contribution in [0, 0.1) is 11.8 Å². The summed E-state index contributed by atoms with van der Waals surface area (Å²) in [6, 6.07) is 1.73. The van der Waals surface area contributed by atoms with E-state index in [4.69, 9.17) is 10.5 Å². The van der Waals surface area contributed by atoms with E-state index >= 15 is 0 Å². The Hall–Kier alpha value is -1.90. The third kappa shape index (κ3) is 4.70. The van der Waals surface area contributed by atoms with Gasteiger partial charge in [0.05, 0.1) is 18.7 Å². The molecule has 0 bridgehead atoms. The predicted molar refractivity (Wildman–Crippen MR) is 73.6 cm³/mol. The van der Waals surface area contributed by atoms with Crippen LogP contribution in [-0.2, 0) is 4.74 Å². The highest BCUT2D eigenvalue weighted by Crippen LogP contribution is 2.06. The standard InChI is InChI=1S/C14H19N3O2/c1-3-17(7-8-19-2)14(18)13-9-12(5-4-6-15)10-16-11-13/h9-11H,3,6-8,15H2,1-2H3. The van der Waals surface area contributed by atoms with Crippen molar-refractivity contribution < 1.29 is 9.53 Å². The Kier molecular flexibility index (Phi) is 6.58. The van der Waals surface area contributed by atoms with Crippen LogP contribution < -0.4 is 5.73 Å². The van der Waals surface area contributed by atoms with E-state index in [-0.39, 0.29) is 12.5 Å². The Morgan fingerprint density at radius 1 is 1.53 bits per heavy atom. The van der Waals surface area contributed by atoms with Crippen molar-refractivity contribution in [2.24, 2.45) is 5.73 Å². The normalized spacial score (nSPS) is 9.63. The van der Waals surface area contributed by atoms with Crippen LogP contribution in [0.5, 0.6) is 0 Å². The number of pyridine rings is 1. The fourth-order valence-corrected chi connectivity index (χ4v) is 1.57. The Labute approximate surface area is 113 Å². The molecular formula is C14H19N3O2. The molecule has 5 heteroatoms. The summed E-state index contributed by atoms with van der Waals surface area (Å²) in [5, 5.41) is 0. The Balaban J connectivity index is 2.85. The number of ether oxygens (including phenoxy) is 1. The zero-order valence-electron chi connectivity index (χ0n) is 11.3. The molecule has 19 heavy (non-hydrogen) atoms. The van der Waals surface area contributed by atoms with Crippen LogP contribution in [0.3, 0.4) is 0 Å². The molecule has 1 heterocycles. The fourth-order valence-electron chi connectivity index (χ4n) is 1.57. The third-order valence-electron chi connectivity index (χ3n) is 2.55. The van der Waals surface area contributed by atoms with Gasteiger partial charge in [-0.1, -0.05) is 11.8 Å². The van der Waals surface area contributed by atoms with Crippen molar-refractivity contribution >= 4 is 5.91 Å². The fraction of sp³-hybridized carbons (Fsp3) is 0.429. The minimum atomic E-state index is -0.0663. The molecule has 0 aliphatic heterocycles. The maximum absolute atomic E-state index is 12.3. The van der Waals surface area contributed by atoms with Gasteiger partial charge in [0.2, 0.25) is 0 Å². The van der Waals surface area contributed by atoms with E-state index in [1.807, 2.05) is 6.92 Å². The second-order valence-electron chi connectivity index (χ2n) is 3.85. The summed E-state index contributed by atoms with van der Waals surface area (Å²) in [6.45, 7) is 3.91. The summed E-state index contributed by atoms with van der Waals surface area (Å²) in [5.41, 5.74) is 6.54. The first-order valence-electron chi connectivity index (χ1n) is 6.15. The molecule has 0 spiro atoms. The summed E-state index contributed by atoms with van der Waals surface area (Å²) >= 11 is 0. The second-order valence-corrected chi connectivity index (χ2v) is 3.85. The minimum Gasteiger partial charge on any atom is -0.383 e. The van der Waals surface area contributed by atoms with Gasteiger partial charge >= 0.3 is 0 Å². The van der Waals surface area contributed by atoms with Crippen molar-refractivity contribution in [2.75, 3.05) is 33.4 Å². The van der Waals surface area contributed by atoms with Crippen molar-refractivity contribution in [2.45, 2.75) is 6.92 Å². The molecule has 102 valence electrons. The number of likely N-dealkylation sites (N-methyl/N-ethyl adjacent to an activating group) is 1. The largest absolute Gasteiger partial charge is 0.383 e. The lowest BCUT2D eigenvalue weighted by molar-refractivity contribution is 0.0706. The molecule has 0 atom stereocenters. The van der Waals surface area contributed by atoms with Crippen LogP contribution in [0.1, 0.15) is 22.8 Å². The summed E-state index contributed by atoms with van der Waals surface area (Å²) in [4.78, 5) is 18.0. The topological polar surface area (TPSA) is 68.5 Å². The van der Waals surface area contributed by atoms with Crippen molar-refractivity contribution in [3.63, 3.8) is 0 Å². The monoisotopic (exact) mass is 261 g/mol. The van der Waals surface area contributed by atoms with E-state index in [9.17, 15) is 4.79 Å². The predicted octanol–water partition coefficient (Wildman–Crippen LogP) is 0.500. The van der Waals surface area contributed by atoms with Crippen molar-refractivity contribution in [1.82, 2.24) is 9.88 Å². The number of nitrogens with zero attached hydrogens (tertiary/aromatic N) is 2. The smallest absolute Gasteiger partial charge is 0.255 e. The Morgan fingerprint density at radius 3 is 2.95 bits per heavy atom. The van der Waals surface area contributed by atoms with Gasteiger partial charge in [0.1, 0.15) is 0 Å². The molecule has 0 aromatic carbocycles. The molecule has 0 fully saturated rings. The van der Waals surface area contributed by atoms with E-state index < -0.39 is 0 Å². The van der Waals surface area contributed by atoms with E-state index in [1.165, 1.54) is 0 Å². The first-order valence-corrected chi connectivity index (χ1v) is 6.15. The number of carbonyl (C=O) groups excluding carboxylic acids is 1. The SMILES string of the molecule is CCN(CCOC)C(=O)c1cncc(C#CCN)c1. The molecular weight excluding hydrogens is 242 g/mol. The molecule has 0 unspecified atom stereocenters. The lowest BCUT2D eigenvalue weighted by atomic mass is 10.2. The summed E-state index contributed by atoms with van der Waals surface area (Å²) in [5.74, 6) is 5.54. The quantitative estimate of drug-likeness (QED) is 0.784. The van der Waals surface area contributed by atoms with E-state index in [1.54, 1.807) is 30.5 Å². The van der Waals surface area contributed by atoms with Gasteiger partial charge < -0.3 is 15.4 Å². The van der Waals surface area contributed by atoms with Gasteiger partial charge in [-0.25, -0.2) is 0 Å². The molecule has 1 amide bonds.